The molecule has 0 aliphatic heterocycles. The maximum absolute atomic E-state index is 7.67. The van der Waals surface area contributed by atoms with Crippen molar-refractivity contribution < 1.29 is 0 Å². The number of nitrogens with zero attached hydrogens (tertiary/aromatic N) is 2. The van der Waals surface area contributed by atoms with E-state index in [1.807, 2.05) is 18.3 Å². The number of fused-ring (bicyclic) bond motifs is 4. The summed E-state index contributed by atoms with van der Waals surface area (Å²) in [5, 5.41) is 8.80. The molecular weight excluding hydrogens is 641 g/mol. The molecule has 0 saturated carbocycles. The zero-order chi connectivity index (χ0) is 35.0. The van der Waals surface area contributed by atoms with E-state index in [4.69, 9.17) is 6.57 Å². The summed E-state index contributed by atoms with van der Waals surface area (Å²) in [6, 6.07) is 61.7. The minimum Gasteiger partial charge on any atom is -0.256 e. The number of aromatic nitrogens is 1. The molecule has 1 aliphatic carbocycles. The third-order valence-electron chi connectivity index (χ3n) is 11.3. The van der Waals surface area contributed by atoms with Crippen LogP contribution < -0.4 is 0 Å². The second-order valence-electron chi connectivity index (χ2n) is 14.2. The molecule has 244 valence electrons. The SMILES string of the molecule is [C-]#[N+]c1ccc2c(c1)C(c1ccccc1)c1cc(-c3cc4ccc5cc(-c6ccc(-c7cccc8cccnc78)cc6)cc6ccc(c3)c4c56)ccc1-2. The Bertz CT molecular complexity index is 3040. The largest absolute Gasteiger partial charge is 0.256 e. The number of benzene rings is 9. The van der Waals surface area contributed by atoms with Crippen molar-refractivity contribution in [1.29, 1.82) is 0 Å². The van der Waals surface area contributed by atoms with Crippen molar-refractivity contribution in [3.8, 4) is 44.5 Å². The lowest BCUT2D eigenvalue weighted by Gasteiger charge is -2.17. The van der Waals surface area contributed by atoms with Crippen molar-refractivity contribution >= 4 is 48.9 Å². The van der Waals surface area contributed by atoms with E-state index in [0.717, 1.165) is 16.5 Å². The highest BCUT2D eigenvalue weighted by Crippen LogP contribution is 2.50. The summed E-state index contributed by atoms with van der Waals surface area (Å²) in [5.41, 5.74) is 15.1. The van der Waals surface area contributed by atoms with E-state index >= 15 is 0 Å². The van der Waals surface area contributed by atoms with Crippen LogP contribution in [-0.4, -0.2) is 4.98 Å². The molecule has 53 heavy (non-hydrogen) atoms. The number of rotatable bonds is 4. The third-order valence-corrected chi connectivity index (χ3v) is 11.3. The molecule has 0 N–H and O–H groups in total. The Morgan fingerprint density at radius 1 is 0.415 bits per heavy atom. The molecular formula is C51H30N2. The summed E-state index contributed by atoms with van der Waals surface area (Å²) < 4.78 is 0. The first-order chi connectivity index (χ1) is 26.2. The maximum atomic E-state index is 7.67. The minimum atomic E-state index is 0.0914. The molecule has 0 spiro atoms. The lowest BCUT2D eigenvalue weighted by Crippen LogP contribution is -1.99. The van der Waals surface area contributed by atoms with E-state index in [0.29, 0.717) is 5.69 Å². The summed E-state index contributed by atoms with van der Waals surface area (Å²) in [6.45, 7) is 7.67. The van der Waals surface area contributed by atoms with Gasteiger partial charge in [0.2, 0.25) is 0 Å². The fourth-order valence-electron chi connectivity index (χ4n) is 8.85. The first-order valence-corrected chi connectivity index (χ1v) is 18.1. The van der Waals surface area contributed by atoms with Crippen LogP contribution in [0.4, 0.5) is 5.69 Å². The lowest BCUT2D eigenvalue weighted by atomic mass is 9.87. The van der Waals surface area contributed by atoms with Gasteiger partial charge < -0.3 is 0 Å². The van der Waals surface area contributed by atoms with E-state index in [-0.39, 0.29) is 5.92 Å². The van der Waals surface area contributed by atoms with Gasteiger partial charge in [-0.3, -0.25) is 4.98 Å². The van der Waals surface area contributed by atoms with Crippen molar-refractivity contribution in [2.24, 2.45) is 0 Å². The molecule has 1 aromatic heterocycles. The lowest BCUT2D eigenvalue weighted by molar-refractivity contribution is 1.02. The fourth-order valence-corrected chi connectivity index (χ4v) is 8.85. The Morgan fingerprint density at radius 2 is 1.00 bits per heavy atom. The van der Waals surface area contributed by atoms with Gasteiger partial charge in [0.15, 0.2) is 5.69 Å². The van der Waals surface area contributed by atoms with Crippen LogP contribution in [0.5, 0.6) is 0 Å². The van der Waals surface area contributed by atoms with Gasteiger partial charge in [0, 0.05) is 23.1 Å². The van der Waals surface area contributed by atoms with Crippen LogP contribution in [0.3, 0.4) is 0 Å². The number of pyridine rings is 1. The molecule has 0 amide bonds. The standard InChI is InChI=1S/C51H30N2/c1-52-42-21-23-45-44-22-20-35(29-46(44)50(47(45)30-42)33-7-3-2-4-8-33)41-27-38-18-16-36-25-40(26-37-17-19-39(28-41)49(38)48(36)37)31-12-14-32(15-13-31)43-11-5-9-34-10-6-24-53-51(34)43/h2-30,50H. The van der Waals surface area contributed by atoms with E-state index in [1.54, 1.807) is 0 Å². The topological polar surface area (TPSA) is 17.2 Å². The highest BCUT2D eigenvalue weighted by atomic mass is 14.6. The van der Waals surface area contributed by atoms with Crippen LogP contribution in [0.2, 0.25) is 0 Å². The average molecular weight is 671 g/mol. The molecule has 0 radical (unpaired) electrons. The summed E-state index contributed by atoms with van der Waals surface area (Å²) in [5.74, 6) is 0.0914. The second kappa shape index (κ2) is 11.5. The van der Waals surface area contributed by atoms with Crippen LogP contribution in [-0.2, 0) is 0 Å². The van der Waals surface area contributed by atoms with Gasteiger partial charge >= 0.3 is 0 Å². The predicted octanol–water partition coefficient (Wildman–Crippen LogP) is 13.8. The van der Waals surface area contributed by atoms with Crippen LogP contribution in [0.25, 0.3) is 92.6 Å². The van der Waals surface area contributed by atoms with Crippen molar-refractivity contribution in [2.45, 2.75) is 5.92 Å². The monoisotopic (exact) mass is 670 g/mol. The molecule has 2 heteroatoms. The Kier molecular flexibility index (Phi) is 6.41. The molecule has 0 bridgehead atoms. The zero-order valence-corrected chi connectivity index (χ0v) is 28.7. The molecule has 11 rings (SSSR count). The van der Waals surface area contributed by atoms with Gasteiger partial charge in [-0.2, -0.15) is 0 Å². The Morgan fingerprint density at radius 3 is 1.68 bits per heavy atom. The van der Waals surface area contributed by atoms with Crippen molar-refractivity contribution in [1.82, 2.24) is 4.98 Å². The molecule has 1 aliphatic rings. The van der Waals surface area contributed by atoms with E-state index in [1.165, 1.54) is 88.0 Å². The van der Waals surface area contributed by atoms with Gasteiger partial charge in [-0.1, -0.05) is 133 Å². The molecule has 0 saturated heterocycles. The normalized spacial score (nSPS) is 13.5. The number of hydrogen-bond donors (Lipinski definition) is 0. The van der Waals surface area contributed by atoms with Gasteiger partial charge in [-0.25, -0.2) is 4.85 Å². The summed E-state index contributed by atoms with van der Waals surface area (Å²) >= 11 is 0. The third kappa shape index (κ3) is 4.61. The molecule has 1 unspecified atom stereocenters. The Hall–Kier alpha value is -7.08. The van der Waals surface area contributed by atoms with E-state index in [2.05, 4.69) is 168 Å². The van der Waals surface area contributed by atoms with Crippen LogP contribution in [0, 0.1) is 6.57 Å². The minimum absolute atomic E-state index is 0.0914. The second-order valence-corrected chi connectivity index (χ2v) is 14.2. The summed E-state index contributed by atoms with van der Waals surface area (Å²) in [4.78, 5) is 8.44. The molecule has 1 atom stereocenters. The first-order valence-electron chi connectivity index (χ1n) is 18.1. The van der Waals surface area contributed by atoms with Crippen LogP contribution in [0.1, 0.15) is 22.6 Å². The van der Waals surface area contributed by atoms with E-state index in [9.17, 15) is 0 Å². The number of hydrogen-bond acceptors (Lipinski definition) is 1. The summed E-state index contributed by atoms with van der Waals surface area (Å²) in [6.07, 6.45) is 1.87. The number of para-hydroxylation sites is 1. The van der Waals surface area contributed by atoms with Crippen molar-refractivity contribution in [3.63, 3.8) is 0 Å². The first kappa shape index (κ1) is 29.6. The Labute approximate surface area is 307 Å². The van der Waals surface area contributed by atoms with Gasteiger partial charge in [0.05, 0.1) is 12.1 Å². The smallest absolute Gasteiger partial charge is 0.187 e. The zero-order valence-electron chi connectivity index (χ0n) is 28.7. The highest BCUT2D eigenvalue weighted by molar-refractivity contribution is 6.24. The molecule has 2 nitrogen and oxygen atoms in total. The Balaban J connectivity index is 0.985. The van der Waals surface area contributed by atoms with Crippen LogP contribution in [0.15, 0.2) is 176 Å². The molecule has 0 fully saturated rings. The summed E-state index contributed by atoms with van der Waals surface area (Å²) in [7, 11) is 0. The molecule has 1 heterocycles. The average Bonchev–Trinajstić information content (AvgIpc) is 3.55. The highest BCUT2D eigenvalue weighted by Gasteiger charge is 2.30. The predicted molar refractivity (Wildman–Crippen MR) is 221 cm³/mol. The molecule has 10 aromatic rings. The van der Waals surface area contributed by atoms with Gasteiger partial charge in [-0.15, -0.1) is 0 Å². The fraction of sp³-hybridized carbons (Fsp3) is 0.0196. The van der Waals surface area contributed by atoms with Crippen molar-refractivity contribution in [2.75, 3.05) is 0 Å². The van der Waals surface area contributed by atoms with E-state index < -0.39 is 0 Å². The van der Waals surface area contributed by atoms with Crippen molar-refractivity contribution in [3.05, 3.63) is 204 Å². The van der Waals surface area contributed by atoms with Gasteiger partial charge in [0.1, 0.15) is 0 Å². The van der Waals surface area contributed by atoms with Gasteiger partial charge in [-0.05, 0) is 124 Å². The van der Waals surface area contributed by atoms with Crippen LogP contribution >= 0.6 is 0 Å². The maximum Gasteiger partial charge on any atom is 0.187 e. The van der Waals surface area contributed by atoms with Gasteiger partial charge in [0.25, 0.3) is 0 Å². The quantitative estimate of drug-likeness (QED) is 0.135. The molecule has 9 aromatic carbocycles.